The largest absolute Gasteiger partial charge is 0.373 e. The van der Waals surface area contributed by atoms with E-state index in [2.05, 4.69) is 37.9 Å². The van der Waals surface area contributed by atoms with Crippen LogP contribution in [0.15, 0.2) is 0 Å². The fourth-order valence-corrected chi connectivity index (χ4v) is 2.33. The smallest absolute Gasteiger partial charge is 0.0753 e. The molecule has 1 heterocycles. The van der Waals surface area contributed by atoms with E-state index in [1.165, 1.54) is 25.8 Å². The highest BCUT2D eigenvalue weighted by atomic mass is 16.5. The van der Waals surface area contributed by atoms with Gasteiger partial charge in [-0.3, -0.25) is 4.90 Å². The van der Waals surface area contributed by atoms with E-state index >= 15 is 0 Å². The van der Waals surface area contributed by atoms with Gasteiger partial charge in [0, 0.05) is 19.1 Å². The Morgan fingerprint density at radius 2 is 2.00 bits per heavy atom. The number of hydrogen-bond acceptors (Lipinski definition) is 3. The first-order chi connectivity index (χ1) is 7.99. The number of unbranched alkanes of at least 4 members (excludes halogenated alkanes) is 2. The van der Waals surface area contributed by atoms with Crippen LogP contribution in [0.5, 0.6) is 0 Å². The van der Waals surface area contributed by atoms with E-state index in [0.717, 1.165) is 26.2 Å². The Balaban J connectivity index is 1.99. The van der Waals surface area contributed by atoms with Gasteiger partial charge in [-0.05, 0) is 39.8 Å². The molecular weight excluding hydrogens is 212 g/mol. The quantitative estimate of drug-likeness (QED) is 0.693. The van der Waals surface area contributed by atoms with Crippen molar-refractivity contribution in [3.63, 3.8) is 0 Å². The lowest BCUT2D eigenvalue weighted by molar-refractivity contribution is -0.0861. The second-order valence-electron chi connectivity index (χ2n) is 6.05. The van der Waals surface area contributed by atoms with Crippen molar-refractivity contribution in [2.24, 2.45) is 0 Å². The number of rotatable bonds is 7. The van der Waals surface area contributed by atoms with Gasteiger partial charge in [0.2, 0.25) is 0 Å². The predicted molar refractivity (Wildman–Crippen MR) is 73.5 cm³/mol. The molecule has 0 aromatic rings. The van der Waals surface area contributed by atoms with Crippen LogP contribution in [-0.2, 0) is 4.74 Å². The lowest BCUT2D eigenvalue weighted by atomic mass is 10.1. The third kappa shape index (κ3) is 7.02. The van der Waals surface area contributed by atoms with Crippen LogP contribution in [0.3, 0.4) is 0 Å². The maximum absolute atomic E-state index is 5.72. The fraction of sp³-hybridized carbons (Fsp3) is 1.00. The van der Waals surface area contributed by atoms with E-state index in [1.807, 2.05) is 0 Å². The Bertz CT molecular complexity index is 204. The SMILES string of the molecule is CC(C)NCCCCCN1CCOC(C)(C)C1. The van der Waals surface area contributed by atoms with Crippen molar-refractivity contribution < 1.29 is 4.74 Å². The van der Waals surface area contributed by atoms with E-state index in [0.29, 0.717) is 6.04 Å². The molecule has 102 valence electrons. The lowest BCUT2D eigenvalue weighted by Crippen LogP contribution is -2.48. The van der Waals surface area contributed by atoms with Crippen LogP contribution >= 0.6 is 0 Å². The molecule has 0 bridgehead atoms. The molecule has 1 aliphatic rings. The van der Waals surface area contributed by atoms with Gasteiger partial charge in [0.25, 0.3) is 0 Å². The summed E-state index contributed by atoms with van der Waals surface area (Å²) in [4.78, 5) is 2.54. The molecule has 0 saturated carbocycles. The van der Waals surface area contributed by atoms with Gasteiger partial charge in [-0.2, -0.15) is 0 Å². The molecule has 0 aliphatic carbocycles. The van der Waals surface area contributed by atoms with Crippen molar-refractivity contribution in [2.75, 3.05) is 32.8 Å². The van der Waals surface area contributed by atoms with Crippen molar-refractivity contribution >= 4 is 0 Å². The van der Waals surface area contributed by atoms with Gasteiger partial charge in [0.05, 0.1) is 12.2 Å². The van der Waals surface area contributed by atoms with E-state index in [-0.39, 0.29) is 5.60 Å². The van der Waals surface area contributed by atoms with Gasteiger partial charge in [-0.1, -0.05) is 20.3 Å². The third-order valence-corrected chi connectivity index (χ3v) is 3.21. The number of nitrogens with zero attached hydrogens (tertiary/aromatic N) is 1. The molecule has 1 fully saturated rings. The molecule has 0 spiro atoms. The van der Waals surface area contributed by atoms with E-state index in [9.17, 15) is 0 Å². The average Bonchev–Trinajstić information content (AvgIpc) is 2.21. The van der Waals surface area contributed by atoms with Crippen molar-refractivity contribution in [1.82, 2.24) is 10.2 Å². The fourth-order valence-electron chi connectivity index (χ4n) is 2.33. The first-order valence-electron chi connectivity index (χ1n) is 7.09. The van der Waals surface area contributed by atoms with E-state index < -0.39 is 0 Å². The van der Waals surface area contributed by atoms with Crippen LogP contribution in [-0.4, -0.2) is 49.3 Å². The van der Waals surface area contributed by atoms with Crippen molar-refractivity contribution in [3.05, 3.63) is 0 Å². The number of nitrogens with one attached hydrogen (secondary N) is 1. The van der Waals surface area contributed by atoms with Gasteiger partial charge in [0.1, 0.15) is 0 Å². The molecule has 0 radical (unpaired) electrons. The number of morpholine rings is 1. The van der Waals surface area contributed by atoms with Crippen LogP contribution in [0.25, 0.3) is 0 Å². The zero-order valence-electron chi connectivity index (χ0n) is 12.1. The molecule has 0 aromatic heterocycles. The van der Waals surface area contributed by atoms with Gasteiger partial charge in [-0.25, -0.2) is 0 Å². The minimum Gasteiger partial charge on any atom is -0.373 e. The van der Waals surface area contributed by atoms with Crippen molar-refractivity contribution in [1.29, 1.82) is 0 Å². The lowest BCUT2D eigenvalue weighted by Gasteiger charge is -2.38. The summed E-state index contributed by atoms with van der Waals surface area (Å²) in [6.07, 6.45) is 3.94. The van der Waals surface area contributed by atoms with E-state index in [1.54, 1.807) is 0 Å². The normalized spacial score (nSPS) is 21.0. The summed E-state index contributed by atoms with van der Waals surface area (Å²) in [7, 11) is 0. The molecule has 1 N–H and O–H groups in total. The minimum atomic E-state index is 0.0530. The third-order valence-electron chi connectivity index (χ3n) is 3.21. The van der Waals surface area contributed by atoms with Crippen LogP contribution in [0.1, 0.15) is 47.0 Å². The number of hydrogen-bond donors (Lipinski definition) is 1. The van der Waals surface area contributed by atoms with Gasteiger partial charge >= 0.3 is 0 Å². The van der Waals surface area contributed by atoms with Crippen LogP contribution < -0.4 is 5.32 Å². The summed E-state index contributed by atoms with van der Waals surface area (Å²) in [5.41, 5.74) is 0.0530. The Morgan fingerprint density at radius 3 is 2.65 bits per heavy atom. The highest BCUT2D eigenvalue weighted by Crippen LogP contribution is 2.16. The summed E-state index contributed by atoms with van der Waals surface area (Å²) >= 11 is 0. The number of ether oxygens (including phenoxy) is 1. The van der Waals surface area contributed by atoms with Gasteiger partial charge in [-0.15, -0.1) is 0 Å². The Labute approximate surface area is 107 Å². The van der Waals surface area contributed by atoms with Gasteiger partial charge < -0.3 is 10.1 Å². The molecule has 3 heteroatoms. The summed E-state index contributed by atoms with van der Waals surface area (Å²) in [6.45, 7) is 14.2. The summed E-state index contributed by atoms with van der Waals surface area (Å²) in [5.74, 6) is 0. The maximum atomic E-state index is 5.72. The highest BCUT2D eigenvalue weighted by molar-refractivity contribution is 4.78. The summed E-state index contributed by atoms with van der Waals surface area (Å²) in [5, 5.41) is 3.46. The molecule has 0 aromatic carbocycles. The average molecular weight is 242 g/mol. The monoisotopic (exact) mass is 242 g/mol. The minimum absolute atomic E-state index is 0.0530. The molecule has 17 heavy (non-hydrogen) atoms. The molecule has 1 aliphatic heterocycles. The van der Waals surface area contributed by atoms with Gasteiger partial charge in [0.15, 0.2) is 0 Å². The zero-order chi connectivity index (χ0) is 12.7. The molecule has 0 amide bonds. The van der Waals surface area contributed by atoms with Crippen molar-refractivity contribution in [3.8, 4) is 0 Å². The first-order valence-corrected chi connectivity index (χ1v) is 7.09. The predicted octanol–water partition coefficient (Wildman–Crippen LogP) is 2.27. The Hall–Kier alpha value is -0.120. The van der Waals surface area contributed by atoms with Crippen molar-refractivity contribution in [2.45, 2.75) is 58.6 Å². The van der Waals surface area contributed by atoms with E-state index in [4.69, 9.17) is 4.74 Å². The topological polar surface area (TPSA) is 24.5 Å². The highest BCUT2D eigenvalue weighted by Gasteiger charge is 2.26. The Morgan fingerprint density at radius 1 is 1.24 bits per heavy atom. The zero-order valence-corrected chi connectivity index (χ0v) is 12.1. The first kappa shape index (κ1) is 14.9. The second-order valence-corrected chi connectivity index (χ2v) is 6.05. The second kappa shape index (κ2) is 7.34. The standard InChI is InChI=1S/C14H30N2O/c1-13(2)15-8-6-5-7-9-16-10-11-17-14(3,4)12-16/h13,15H,5-12H2,1-4H3. The van der Waals surface area contributed by atoms with Crippen LogP contribution in [0.2, 0.25) is 0 Å². The molecule has 0 atom stereocenters. The molecule has 1 rings (SSSR count). The molecule has 3 nitrogen and oxygen atoms in total. The summed E-state index contributed by atoms with van der Waals surface area (Å²) in [6, 6.07) is 0.620. The molecule has 1 saturated heterocycles. The van der Waals surface area contributed by atoms with Crippen LogP contribution in [0, 0.1) is 0 Å². The Kier molecular flexibility index (Phi) is 6.45. The van der Waals surface area contributed by atoms with Crippen LogP contribution in [0.4, 0.5) is 0 Å². The molecule has 0 unspecified atom stereocenters. The summed E-state index contributed by atoms with van der Waals surface area (Å²) < 4.78 is 5.72. The molecular formula is C14H30N2O. The maximum Gasteiger partial charge on any atom is 0.0753 e.